The molecular weight excluding hydrogens is 447 g/mol. The Kier molecular flexibility index (Phi) is 7.01. The van der Waals surface area contributed by atoms with E-state index in [4.69, 9.17) is 9.57 Å². The zero-order valence-corrected chi connectivity index (χ0v) is 18.3. The summed E-state index contributed by atoms with van der Waals surface area (Å²) in [6.45, 7) is -0.0508. The Morgan fingerprint density at radius 2 is 1.82 bits per heavy atom. The molecule has 6 nitrogen and oxygen atoms in total. The molecule has 1 atom stereocenters. The number of nitrogens with zero attached hydrogens (tertiary/aromatic N) is 2. The molecule has 1 heterocycles. The van der Waals surface area contributed by atoms with Gasteiger partial charge in [0.2, 0.25) is 0 Å². The van der Waals surface area contributed by atoms with Crippen molar-refractivity contribution in [2.24, 2.45) is 5.16 Å². The first-order valence-electron chi connectivity index (χ1n) is 10.5. The van der Waals surface area contributed by atoms with Gasteiger partial charge in [-0.05, 0) is 35.9 Å². The van der Waals surface area contributed by atoms with Crippen LogP contribution >= 0.6 is 0 Å². The minimum atomic E-state index is -0.759. The number of amides is 2. The van der Waals surface area contributed by atoms with E-state index < -0.39 is 23.8 Å². The van der Waals surface area contributed by atoms with Crippen LogP contribution in [0.5, 0.6) is 5.75 Å². The van der Waals surface area contributed by atoms with E-state index in [0.717, 1.165) is 12.1 Å². The van der Waals surface area contributed by atoms with Crippen LogP contribution in [0, 0.1) is 17.5 Å². The fourth-order valence-corrected chi connectivity index (χ4v) is 3.60. The lowest BCUT2D eigenvalue weighted by atomic mass is 10.0. The van der Waals surface area contributed by atoms with Crippen LogP contribution in [0.1, 0.15) is 17.5 Å². The van der Waals surface area contributed by atoms with Gasteiger partial charge in [0.1, 0.15) is 23.2 Å². The lowest BCUT2D eigenvalue weighted by Crippen LogP contribution is -2.40. The minimum absolute atomic E-state index is 0.0754. The molecule has 0 bridgehead atoms. The molecule has 3 aromatic carbocycles. The number of nitrogens with one attached hydrogen (secondary N) is 1. The van der Waals surface area contributed by atoms with Crippen LogP contribution in [-0.4, -0.2) is 36.4 Å². The number of methoxy groups -OCH3 is 1. The molecule has 4 rings (SSSR count). The van der Waals surface area contributed by atoms with Crippen molar-refractivity contribution in [2.45, 2.75) is 19.1 Å². The van der Waals surface area contributed by atoms with Crippen LogP contribution in [-0.2, 0) is 11.4 Å². The summed E-state index contributed by atoms with van der Waals surface area (Å²) in [4.78, 5) is 20.0. The van der Waals surface area contributed by atoms with Crippen molar-refractivity contribution in [3.63, 3.8) is 0 Å². The molecule has 0 saturated heterocycles. The van der Waals surface area contributed by atoms with E-state index >= 15 is 0 Å². The molecule has 0 radical (unpaired) electrons. The van der Waals surface area contributed by atoms with Crippen LogP contribution in [0.4, 0.5) is 23.7 Å². The number of halogens is 3. The average Bonchev–Trinajstić information content (AvgIpc) is 3.29. The summed E-state index contributed by atoms with van der Waals surface area (Å²) in [5.74, 6) is -1.36. The maximum atomic E-state index is 14.3. The van der Waals surface area contributed by atoms with E-state index in [1.54, 1.807) is 36.4 Å². The van der Waals surface area contributed by atoms with Crippen LogP contribution in [0.3, 0.4) is 0 Å². The third kappa shape index (κ3) is 5.48. The highest BCUT2D eigenvalue weighted by Crippen LogP contribution is 2.25. The third-order valence-corrected chi connectivity index (χ3v) is 5.35. The molecule has 0 fully saturated rings. The van der Waals surface area contributed by atoms with Gasteiger partial charge in [-0.2, -0.15) is 0 Å². The molecule has 1 aliphatic rings. The van der Waals surface area contributed by atoms with Gasteiger partial charge in [0.05, 0.1) is 31.6 Å². The highest BCUT2D eigenvalue weighted by molar-refractivity contribution is 6.01. The normalized spacial score (nSPS) is 14.8. The lowest BCUT2D eigenvalue weighted by Gasteiger charge is -2.26. The number of hydrogen-bond donors (Lipinski definition) is 1. The number of benzene rings is 3. The number of anilines is 1. The predicted octanol–water partition coefficient (Wildman–Crippen LogP) is 5.34. The van der Waals surface area contributed by atoms with Gasteiger partial charge in [-0.25, -0.2) is 18.0 Å². The van der Waals surface area contributed by atoms with Crippen LogP contribution in [0.2, 0.25) is 0 Å². The zero-order chi connectivity index (χ0) is 24.1. The lowest BCUT2D eigenvalue weighted by molar-refractivity contribution is 0.0606. The van der Waals surface area contributed by atoms with Crippen molar-refractivity contribution >= 4 is 17.4 Å². The Hall–Kier alpha value is -4.01. The highest BCUT2D eigenvalue weighted by atomic mass is 19.1. The largest absolute Gasteiger partial charge is 0.495 e. The van der Waals surface area contributed by atoms with Crippen molar-refractivity contribution in [3.05, 3.63) is 95.3 Å². The Balaban J connectivity index is 1.51. The molecule has 34 heavy (non-hydrogen) atoms. The highest BCUT2D eigenvalue weighted by Gasteiger charge is 2.28. The minimum Gasteiger partial charge on any atom is -0.495 e. The smallest absolute Gasteiger partial charge is 0.322 e. The third-order valence-electron chi connectivity index (χ3n) is 5.35. The van der Waals surface area contributed by atoms with Gasteiger partial charge in [0.15, 0.2) is 6.10 Å². The van der Waals surface area contributed by atoms with Gasteiger partial charge in [-0.3, -0.25) is 0 Å². The van der Waals surface area contributed by atoms with Gasteiger partial charge in [-0.15, -0.1) is 0 Å². The number of rotatable bonds is 7. The second kappa shape index (κ2) is 10.3. The van der Waals surface area contributed by atoms with E-state index in [2.05, 4.69) is 10.5 Å². The SMILES string of the molecule is COc1ccccc1NC(=O)N(Cc1ccc(F)cc1F)C[C@@H]1CC(c2ccc(F)cc2)=NO1. The van der Waals surface area contributed by atoms with Crippen molar-refractivity contribution in [2.75, 3.05) is 19.0 Å². The molecule has 0 saturated carbocycles. The first kappa shape index (κ1) is 23.2. The Morgan fingerprint density at radius 3 is 2.56 bits per heavy atom. The van der Waals surface area contributed by atoms with Gasteiger partial charge in [0.25, 0.3) is 0 Å². The van der Waals surface area contributed by atoms with E-state index in [1.807, 2.05) is 0 Å². The van der Waals surface area contributed by atoms with Gasteiger partial charge < -0.3 is 19.8 Å². The quantitative estimate of drug-likeness (QED) is 0.508. The molecule has 2 amide bonds. The summed E-state index contributed by atoms with van der Waals surface area (Å²) in [5, 5.41) is 6.84. The number of carbonyl (C=O) groups is 1. The molecule has 0 unspecified atom stereocenters. The number of urea groups is 1. The van der Waals surface area contributed by atoms with E-state index in [0.29, 0.717) is 29.1 Å². The second-order valence-corrected chi connectivity index (χ2v) is 7.72. The average molecular weight is 469 g/mol. The van der Waals surface area contributed by atoms with Crippen molar-refractivity contribution < 1.29 is 27.5 Å². The van der Waals surface area contributed by atoms with Gasteiger partial charge in [-0.1, -0.05) is 35.5 Å². The number of carbonyl (C=O) groups excluding carboxylic acids is 1. The van der Waals surface area contributed by atoms with Crippen molar-refractivity contribution in [3.8, 4) is 5.75 Å². The second-order valence-electron chi connectivity index (χ2n) is 7.72. The van der Waals surface area contributed by atoms with Crippen molar-refractivity contribution in [1.29, 1.82) is 0 Å². The molecule has 1 aliphatic heterocycles. The first-order valence-corrected chi connectivity index (χ1v) is 10.5. The van der Waals surface area contributed by atoms with E-state index in [9.17, 15) is 18.0 Å². The molecule has 0 spiro atoms. The molecule has 0 aliphatic carbocycles. The summed E-state index contributed by atoms with van der Waals surface area (Å²) in [6, 6.07) is 15.4. The van der Waals surface area contributed by atoms with E-state index in [-0.39, 0.29) is 24.5 Å². The number of oxime groups is 1. The number of ether oxygens (including phenoxy) is 1. The van der Waals surface area contributed by atoms with E-state index in [1.165, 1.54) is 30.2 Å². The topological polar surface area (TPSA) is 63.2 Å². The summed E-state index contributed by atoms with van der Waals surface area (Å²) >= 11 is 0. The summed E-state index contributed by atoms with van der Waals surface area (Å²) in [6.07, 6.45) is -0.136. The zero-order valence-electron chi connectivity index (χ0n) is 18.3. The summed E-state index contributed by atoms with van der Waals surface area (Å²) in [7, 11) is 1.48. The Labute approximate surface area is 194 Å². The van der Waals surface area contributed by atoms with Crippen LogP contribution in [0.25, 0.3) is 0 Å². The van der Waals surface area contributed by atoms with Crippen LogP contribution < -0.4 is 10.1 Å². The van der Waals surface area contributed by atoms with Gasteiger partial charge >= 0.3 is 6.03 Å². The van der Waals surface area contributed by atoms with Gasteiger partial charge in [0, 0.05) is 18.1 Å². The molecule has 0 aromatic heterocycles. The summed E-state index contributed by atoms with van der Waals surface area (Å²) in [5.41, 5.74) is 1.91. The Morgan fingerprint density at radius 1 is 1.09 bits per heavy atom. The van der Waals surface area contributed by atoms with Crippen molar-refractivity contribution in [1.82, 2.24) is 4.90 Å². The molecule has 176 valence electrons. The Bertz CT molecular complexity index is 1200. The maximum absolute atomic E-state index is 14.3. The fraction of sp³-hybridized carbons (Fsp3) is 0.200. The molecular formula is C25H22F3N3O3. The molecule has 9 heteroatoms. The first-order chi connectivity index (χ1) is 16.4. The maximum Gasteiger partial charge on any atom is 0.322 e. The molecule has 3 aromatic rings. The van der Waals surface area contributed by atoms with Crippen LogP contribution in [0.15, 0.2) is 71.9 Å². The fourth-order valence-electron chi connectivity index (χ4n) is 3.60. The predicted molar refractivity (Wildman–Crippen MR) is 121 cm³/mol. The monoisotopic (exact) mass is 469 g/mol. The number of hydrogen-bond acceptors (Lipinski definition) is 4. The summed E-state index contributed by atoms with van der Waals surface area (Å²) < 4.78 is 46.2. The standard InChI is InChI=1S/C25H22F3N3O3/c1-33-24-5-3-2-4-22(24)29-25(32)31(14-17-8-11-19(27)12-21(17)28)15-20-13-23(30-34-20)16-6-9-18(26)10-7-16/h2-12,20H,13-15H2,1H3,(H,29,32)/t20-/m0/s1. The number of para-hydroxylation sites is 2. The molecule has 1 N–H and O–H groups in total.